The van der Waals surface area contributed by atoms with E-state index in [1.54, 1.807) is 5.37 Å². The van der Waals surface area contributed by atoms with Crippen molar-refractivity contribution in [3.63, 3.8) is 0 Å². The van der Waals surface area contributed by atoms with Crippen LogP contribution in [0.1, 0.15) is 0 Å². The van der Waals surface area contributed by atoms with E-state index in [2.05, 4.69) is 24.8 Å². The zero-order chi connectivity index (χ0) is 3.41. The highest BCUT2D eigenvalue weighted by molar-refractivity contribution is 7.85. The van der Waals surface area contributed by atoms with Crippen LogP contribution in [0.2, 0.25) is 0 Å². The Morgan fingerprint density at radius 2 is 2.25 bits per heavy atom. The molecule has 0 amide bonds. The lowest BCUT2D eigenvalue weighted by Crippen LogP contribution is -1.58. The molecule has 0 nitrogen and oxygen atoms in total. The van der Waals surface area contributed by atoms with E-state index in [4.69, 9.17) is 0 Å². The van der Waals surface area contributed by atoms with E-state index in [0.717, 1.165) is 0 Å². The molecule has 0 aromatic heterocycles. The first-order valence-electron chi connectivity index (χ1n) is 0.960. The van der Waals surface area contributed by atoms with Gasteiger partial charge >= 0.3 is 0 Å². The quantitative estimate of drug-likeness (QED) is 0.370. The van der Waals surface area contributed by atoms with Crippen molar-refractivity contribution in [2.75, 3.05) is 5.75 Å². The van der Waals surface area contributed by atoms with Gasteiger partial charge in [0.2, 0.25) is 0 Å². The van der Waals surface area contributed by atoms with Gasteiger partial charge in [-0.2, -0.15) is 12.6 Å². The van der Waals surface area contributed by atoms with Crippen molar-refractivity contribution in [1.29, 1.82) is 0 Å². The van der Waals surface area contributed by atoms with Crippen molar-refractivity contribution in [2.24, 2.45) is 0 Å². The second-order valence-corrected chi connectivity index (χ2v) is 1.05. The van der Waals surface area contributed by atoms with Gasteiger partial charge in [0.05, 0.1) is 0 Å². The molecule has 0 aliphatic rings. The molecular weight excluding hydrogens is 88.2 g/mol. The molecular formula is C2H4S2. The van der Waals surface area contributed by atoms with Crippen LogP contribution in [0.15, 0.2) is 0 Å². The Balaban J connectivity index is 2.30. The van der Waals surface area contributed by atoms with Gasteiger partial charge < -0.3 is 0 Å². The van der Waals surface area contributed by atoms with Crippen molar-refractivity contribution >= 4 is 30.2 Å². The largest absolute Gasteiger partial charge is 0.174 e. The normalized spacial score (nSPS) is 6.25. The highest BCUT2D eigenvalue weighted by atomic mass is 32.1. The predicted molar refractivity (Wildman–Crippen MR) is 27.5 cm³/mol. The van der Waals surface area contributed by atoms with Gasteiger partial charge in [0, 0.05) is 5.75 Å². The summed E-state index contributed by atoms with van der Waals surface area (Å²) in [6, 6.07) is 0. The van der Waals surface area contributed by atoms with Crippen molar-refractivity contribution in [2.45, 2.75) is 0 Å². The third kappa shape index (κ3) is 2.44. The molecule has 0 radical (unpaired) electrons. The van der Waals surface area contributed by atoms with Gasteiger partial charge in [-0.1, -0.05) is 12.2 Å². The molecule has 0 spiro atoms. The summed E-state index contributed by atoms with van der Waals surface area (Å²) in [5.74, 6) is 0.704. The number of hydrogen-bond acceptors (Lipinski definition) is 2. The van der Waals surface area contributed by atoms with E-state index in [9.17, 15) is 0 Å². The predicted octanol–water partition coefficient (Wildman–Crippen LogP) is 0.916. The Kier molecular flexibility index (Phi) is 3.82. The van der Waals surface area contributed by atoms with Gasteiger partial charge in [-0.25, -0.2) is 0 Å². The molecule has 0 saturated heterocycles. The van der Waals surface area contributed by atoms with E-state index >= 15 is 0 Å². The van der Waals surface area contributed by atoms with E-state index in [1.807, 2.05) is 0 Å². The molecule has 0 saturated carbocycles. The zero-order valence-corrected chi connectivity index (χ0v) is 3.85. The van der Waals surface area contributed by atoms with Crippen molar-refractivity contribution in [1.82, 2.24) is 0 Å². The fourth-order valence-electron chi connectivity index (χ4n) is 0. The molecule has 0 heterocycles. The molecule has 0 bridgehead atoms. The Morgan fingerprint density at radius 3 is 2.25 bits per heavy atom. The van der Waals surface area contributed by atoms with Crippen LogP contribution in [0.4, 0.5) is 0 Å². The molecule has 0 rings (SSSR count). The summed E-state index contributed by atoms with van der Waals surface area (Å²) in [7, 11) is 0. The molecule has 0 unspecified atom stereocenters. The SMILES string of the molecule is S=CCS. The smallest absolute Gasteiger partial charge is 0.0187 e. The van der Waals surface area contributed by atoms with Gasteiger partial charge in [0.15, 0.2) is 0 Å². The Labute approximate surface area is 36.6 Å². The molecule has 2 heteroatoms. The van der Waals surface area contributed by atoms with Crippen LogP contribution in [0, 0.1) is 0 Å². The molecule has 0 fully saturated rings. The molecule has 0 N–H and O–H groups in total. The van der Waals surface area contributed by atoms with Gasteiger partial charge in [-0.3, -0.25) is 0 Å². The molecule has 0 aromatic rings. The van der Waals surface area contributed by atoms with Gasteiger partial charge in [-0.05, 0) is 5.37 Å². The first-order chi connectivity index (χ1) is 1.91. The Hall–Kier alpha value is 0.440. The highest BCUT2D eigenvalue weighted by Gasteiger charge is 1.48. The minimum atomic E-state index is 0.704. The second kappa shape index (κ2) is 3.44. The lowest BCUT2D eigenvalue weighted by molar-refractivity contribution is 2.20. The molecule has 0 atom stereocenters. The minimum absolute atomic E-state index is 0.704. The Bertz CT molecular complexity index is 18.0. The maximum absolute atomic E-state index is 4.35. The zero-order valence-electron chi connectivity index (χ0n) is 2.14. The summed E-state index contributed by atoms with van der Waals surface area (Å²) in [5, 5.41) is 1.57. The van der Waals surface area contributed by atoms with Gasteiger partial charge in [0.25, 0.3) is 0 Å². The number of thiocarbonyl (C=S) groups is 1. The fourth-order valence-corrected chi connectivity index (χ4v) is 0. The molecule has 4 heavy (non-hydrogen) atoms. The lowest BCUT2D eigenvalue weighted by atomic mass is 11.0. The molecule has 0 aliphatic heterocycles. The molecule has 0 aliphatic carbocycles. The van der Waals surface area contributed by atoms with Crippen LogP contribution in [-0.2, 0) is 0 Å². The second-order valence-electron chi connectivity index (χ2n) is 0.349. The monoisotopic (exact) mass is 92.0 g/mol. The molecule has 24 valence electrons. The average Bonchev–Trinajstić information content (AvgIpc) is 1.37. The summed E-state index contributed by atoms with van der Waals surface area (Å²) in [6.07, 6.45) is 0. The van der Waals surface area contributed by atoms with Crippen LogP contribution in [-0.4, -0.2) is 11.1 Å². The third-order valence-electron chi connectivity index (χ3n) is 0.0745. The van der Waals surface area contributed by atoms with Crippen LogP contribution < -0.4 is 0 Å². The number of rotatable bonds is 1. The standard InChI is InChI=1S/C2H4S2/c3-1-2-4/h1,4H,2H2. The summed E-state index contributed by atoms with van der Waals surface area (Å²) in [6.45, 7) is 0. The van der Waals surface area contributed by atoms with Crippen molar-refractivity contribution in [3.05, 3.63) is 0 Å². The maximum Gasteiger partial charge on any atom is 0.0187 e. The number of hydrogen-bond donors (Lipinski definition) is 1. The van der Waals surface area contributed by atoms with Gasteiger partial charge in [0.1, 0.15) is 0 Å². The Morgan fingerprint density at radius 1 is 2.00 bits per heavy atom. The summed E-state index contributed by atoms with van der Waals surface area (Å²) in [5.41, 5.74) is 0. The minimum Gasteiger partial charge on any atom is -0.174 e. The summed E-state index contributed by atoms with van der Waals surface area (Å²) >= 11 is 8.11. The topological polar surface area (TPSA) is 0 Å². The molecule has 0 aromatic carbocycles. The number of thiol groups is 1. The first kappa shape index (κ1) is 4.44. The summed E-state index contributed by atoms with van der Waals surface area (Å²) in [4.78, 5) is 0. The average molecular weight is 92.2 g/mol. The van der Waals surface area contributed by atoms with Crippen LogP contribution in [0.25, 0.3) is 0 Å². The van der Waals surface area contributed by atoms with Crippen molar-refractivity contribution < 1.29 is 0 Å². The van der Waals surface area contributed by atoms with Crippen LogP contribution in [0.3, 0.4) is 0 Å². The summed E-state index contributed by atoms with van der Waals surface area (Å²) < 4.78 is 0. The lowest BCUT2D eigenvalue weighted by Gasteiger charge is -1.55. The van der Waals surface area contributed by atoms with E-state index < -0.39 is 0 Å². The van der Waals surface area contributed by atoms with Crippen LogP contribution >= 0.6 is 24.8 Å². The third-order valence-corrected chi connectivity index (χ3v) is 0.671. The van der Waals surface area contributed by atoms with E-state index in [1.165, 1.54) is 0 Å². The maximum atomic E-state index is 4.35. The van der Waals surface area contributed by atoms with E-state index in [0.29, 0.717) is 5.75 Å². The fraction of sp³-hybridized carbons (Fsp3) is 0.500. The van der Waals surface area contributed by atoms with E-state index in [-0.39, 0.29) is 0 Å². The first-order valence-corrected chi connectivity index (χ1v) is 2.06. The highest BCUT2D eigenvalue weighted by Crippen LogP contribution is 1.60. The van der Waals surface area contributed by atoms with Gasteiger partial charge in [-0.15, -0.1) is 0 Å². The van der Waals surface area contributed by atoms with Crippen LogP contribution in [0.5, 0.6) is 0 Å². The van der Waals surface area contributed by atoms with Crippen molar-refractivity contribution in [3.8, 4) is 0 Å².